The molecule has 1 aliphatic carbocycles. The maximum Gasteiger partial charge on any atom is 0.271 e. The smallest absolute Gasteiger partial charge is 0.271 e. The second-order valence-electron chi connectivity index (χ2n) is 5.09. The van der Waals surface area contributed by atoms with Crippen LogP contribution < -0.4 is 11.1 Å². The van der Waals surface area contributed by atoms with E-state index in [1.807, 2.05) is 0 Å². The summed E-state index contributed by atoms with van der Waals surface area (Å²) in [6, 6.07) is 0.0610. The topological polar surface area (TPSA) is 93.2 Å². The quantitative estimate of drug-likeness (QED) is 0.706. The number of nitrogens with two attached hydrogens (primary N) is 1. The summed E-state index contributed by atoms with van der Waals surface area (Å²) in [7, 11) is 0. The van der Waals surface area contributed by atoms with Gasteiger partial charge in [0.1, 0.15) is 5.69 Å². The maximum atomic E-state index is 12.1. The van der Waals surface area contributed by atoms with Crippen LogP contribution in [-0.2, 0) is 6.54 Å². The van der Waals surface area contributed by atoms with E-state index in [9.17, 15) is 9.90 Å². The molecule has 1 aromatic rings. The standard InChI is InChI=1S/C13H22N4O2/c14-5-6-17-7-12(15-9-17)13(19)16-11-4-2-1-3-10(11)8-18/h7,9-11,18H,1-6,8,14H2,(H,16,19). The molecular formula is C13H22N4O2. The van der Waals surface area contributed by atoms with Crippen LogP contribution in [0.1, 0.15) is 36.2 Å². The number of amides is 1. The number of imidazole rings is 1. The first-order valence-corrected chi connectivity index (χ1v) is 6.88. The molecule has 2 rings (SSSR count). The van der Waals surface area contributed by atoms with Gasteiger partial charge in [-0.15, -0.1) is 0 Å². The molecule has 1 aliphatic rings. The van der Waals surface area contributed by atoms with Gasteiger partial charge < -0.3 is 20.7 Å². The van der Waals surface area contributed by atoms with Crippen molar-refractivity contribution in [3.05, 3.63) is 18.2 Å². The number of carbonyl (C=O) groups is 1. The lowest BCUT2D eigenvalue weighted by Gasteiger charge is -2.30. The molecule has 1 amide bonds. The molecule has 19 heavy (non-hydrogen) atoms. The maximum absolute atomic E-state index is 12.1. The lowest BCUT2D eigenvalue weighted by Crippen LogP contribution is -2.43. The number of hydrogen-bond acceptors (Lipinski definition) is 4. The highest BCUT2D eigenvalue weighted by atomic mass is 16.3. The van der Waals surface area contributed by atoms with Crippen LogP contribution in [0, 0.1) is 5.92 Å². The molecule has 1 aromatic heterocycles. The highest BCUT2D eigenvalue weighted by Gasteiger charge is 2.26. The van der Waals surface area contributed by atoms with Gasteiger partial charge in [-0.05, 0) is 12.8 Å². The number of carbonyl (C=O) groups excluding carboxylic acids is 1. The van der Waals surface area contributed by atoms with E-state index in [-0.39, 0.29) is 24.5 Å². The van der Waals surface area contributed by atoms with E-state index in [4.69, 9.17) is 5.73 Å². The van der Waals surface area contributed by atoms with Gasteiger partial charge >= 0.3 is 0 Å². The predicted octanol–water partition coefficient (Wildman–Crippen LogP) is 0.123. The fraction of sp³-hybridized carbons (Fsp3) is 0.692. The Morgan fingerprint density at radius 1 is 1.53 bits per heavy atom. The molecule has 0 radical (unpaired) electrons. The first-order valence-electron chi connectivity index (χ1n) is 6.88. The van der Waals surface area contributed by atoms with Gasteiger partial charge in [-0.1, -0.05) is 12.8 Å². The molecule has 1 fully saturated rings. The number of hydrogen-bond donors (Lipinski definition) is 3. The molecule has 6 nitrogen and oxygen atoms in total. The zero-order valence-corrected chi connectivity index (χ0v) is 11.1. The summed E-state index contributed by atoms with van der Waals surface area (Å²) in [5, 5.41) is 12.3. The third-order valence-electron chi connectivity index (χ3n) is 3.71. The number of aliphatic hydroxyl groups is 1. The van der Waals surface area contributed by atoms with Crippen LogP contribution in [0.2, 0.25) is 0 Å². The molecule has 106 valence electrons. The molecule has 2 unspecified atom stereocenters. The van der Waals surface area contributed by atoms with Crippen LogP contribution in [0.3, 0.4) is 0 Å². The molecule has 1 heterocycles. The molecule has 6 heteroatoms. The largest absolute Gasteiger partial charge is 0.396 e. The van der Waals surface area contributed by atoms with Gasteiger partial charge in [-0.25, -0.2) is 4.98 Å². The summed E-state index contributed by atoms with van der Waals surface area (Å²) < 4.78 is 1.80. The molecule has 0 aliphatic heterocycles. The lowest BCUT2D eigenvalue weighted by atomic mass is 9.85. The van der Waals surface area contributed by atoms with Crippen molar-refractivity contribution < 1.29 is 9.90 Å². The predicted molar refractivity (Wildman–Crippen MR) is 71.6 cm³/mol. The van der Waals surface area contributed by atoms with Crippen LogP contribution in [0.15, 0.2) is 12.5 Å². The molecule has 0 saturated heterocycles. The summed E-state index contributed by atoms with van der Waals surface area (Å²) in [6.07, 6.45) is 7.46. The van der Waals surface area contributed by atoms with Gasteiger partial charge in [-0.2, -0.15) is 0 Å². The van der Waals surface area contributed by atoms with Gasteiger partial charge in [0.25, 0.3) is 5.91 Å². The van der Waals surface area contributed by atoms with Crippen LogP contribution in [0.5, 0.6) is 0 Å². The number of rotatable bonds is 5. The third kappa shape index (κ3) is 3.54. The molecule has 4 N–H and O–H groups in total. The first kappa shape index (κ1) is 14.0. The minimum absolute atomic E-state index is 0.0610. The highest BCUT2D eigenvalue weighted by molar-refractivity contribution is 5.92. The van der Waals surface area contributed by atoms with E-state index in [2.05, 4.69) is 10.3 Å². The molecule has 0 aromatic carbocycles. The fourth-order valence-corrected chi connectivity index (χ4v) is 2.61. The summed E-state index contributed by atoms with van der Waals surface area (Å²) in [4.78, 5) is 16.2. The highest BCUT2D eigenvalue weighted by Crippen LogP contribution is 2.24. The van der Waals surface area contributed by atoms with Crippen molar-refractivity contribution in [1.29, 1.82) is 0 Å². The average molecular weight is 266 g/mol. The zero-order chi connectivity index (χ0) is 13.7. The van der Waals surface area contributed by atoms with Crippen LogP contribution in [-0.4, -0.2) is 39.8 Å². The van der Waals surface area contributed by atoms with Gasteiger partial charge in [0, 0.05) is 37.9 Å². The summed E-state index contributed by atoms with van der Waals surface area (Å²) in [5.74, 6) is 0.00458. The molecule has 0 bridgehead atoms. The Kier molecular flexibility index (Phi) is 4.93. The normalized spacial score (nSPS) is 23.3. The van der Waals surface area contributed by atoms with Crippen molar-refractivity contribution >= 4 is 5.91 Å². The Bertz CT molecular complexity index is 419. The van der Waals surface area contributed by atoms with Gasteiger partial charge in [-0.3, -0.25) is 4.79 Å². The molecule has 2 atom stereocenters. The van der Waals surface area contributed by atoms with Crippen LogP contribution in [0.25, 0.3) is 0 Å². The van der Waals surface area contributed by atoms with Crippen molar-refractivity contribution in [3.8, 4) is 0 Å². The lowest BCUT2D eigenvalue weighted by molar-refractivity contribution is 0.0868. The van der Waals surface area contributed by atoms with E-state index in [0.717, 1.165) is 25.7 Å². The Morgan fingerprint density at radius 3 is 3.05 bits per heavy atom. The Morgan fingerprint density at radius 2 is 2.32 bits per heavy atom. The number of aromatic nitrogens is 2. The Balaban J connectivity index is 1.95. The van der Waals surface area contributed by atoms with Crippen LogP contribution >= 0.6 is 0 Å². The Labute approximate surface area is 113 Å². The van der Waals surface area contributed by atoms with Crippen molar-refractivity contribution in [3.63, 3.8) is 0 Å². The number of nitrogens with one attached hydrogen (secondary N) is 1. The van der Waals surface area contributed by atoms with Gasteiger partial charge in [0.2, 0.25) is 0 Å². The van der Waals surface area contributed by atoms with Gasteiger partial charge in [0.15, 0.2) is 0 Å². The third-order valence-corrected chi connectivity index (χ3v) is 3.71. The number of nitrogens with zero attached hydrogens (tertiary/aromatic N) is 2. The SMILES string of the molecule is NCCn1cnc(C(=O)NC2CCCCC2CO)c1. The van der Waals surface area contributed by atoms with E-state index >= 15 is 0 Å². The molecule has 1 saturated carbocycles. The minimum Gasteiger partial charge on any atom is -0.396 e. The van der Waals surface area contributed by atoms with Gasteiger partial charge in [0.05, 0.1) is 6.33 Å². The van der Waals surface area contributed by atoms with E-state index in [1.165, 1.54) is 0 Å². The van der Waals surface area contributed by atoms with Crippen molar-refractivity contribution in [1.82, 2.24) is 14.9 Å². The number of aliphatic hydroxyl groups excluding tert-OH is 1. The minimum atomic E-state index is -0.166. The molecule has 0 spiro atoms. The Hall–Kier alpha value is -1.40. The van der Waals surface area contributed by atoms with E-state index in [0.29, 0.717) is 18.8 Å². The zero-order valence-electron chi connectivity index (χ0n) is 11.1. The summed E-state index contributed by atoms with van der Waals surface area (Å²) in [5.41, 5.74) is 5.87. The molecular weight excluding hydrogens is 244 g/mol. The van der Waals surface area contributed by atoms with E-state index in [1.54, 1.807) is 17.1 Å². The second kappa shape index (κ2) is 6.68. The second-order valence-corrected chi connectivity index (χ2v) is 5.09. The monoisotopic (exact) mass is 266 g/mol. The summed E-state index contributed by atoms with van der Waals surface area (Å²) in [6.45, 7) is 1.31. The summed E-state index contributed by atoms with van der Waals surface area (Å²) >= 11 is 0. The van der Waals surface area contributed by atoms with Crippen molar-refractivity contribution in [2.45, 2.75) is 38.3 Å². The van der Waals surface area contributed by atoms with Crippen molar-refractivity contribution in [2.24, 2.45) is 11.7 Å². The average Bonchev–Trinajstić information content (AvgIpc) is 2.88. The van der Waals surface area contributed by atoms with E-state index < -0.39 is 0 Å². The fourth-order valence-electron chi connectivity index (χ4n) is 2.61. The van der Waals surface area contributed by atoms with Crippen LogP contribution in [0.4, 0.5) is 0 Å². The van der Waals surface area contributed by atoms with Crippen molar-refractivity contribution in [2.75, 3.05) is 13.2 Å². The first-order chi connectivity index (χ1) is 9.24.